The lowest BCUT2D eigenvalue weighted by molar-refractivity contribution is -0.124. The quantitative estimate of drug-likeness (QED) is 0.721. The van der Waals surface area contributed by atoms with Crippen molar-refractivity contribution < 1.29 is 9.59 Å². The maximum atomic E-state index is 12.4. The van der Waals surface area contributed by atoms with Crippen LogP contribution >= 0.6 is 11.6 Å². The van der Waals surface area contributed by atoms with Crippen molar-refractivity contribution in [3.63, 3.8) is 0 Å². The Labute approximate surface area is 153 Å². The van der Waals surface area contributed by atoms with Gasteiger partial charge in [-0.05, 0) is 19.1 Å². The smallest absolute Gasteiger partial charge is 0.241 e. The topological polar surface area (TPSA) is 64.7 Å². The number of carbonyl (C=O) groups is 2. The van der Waals surface area contributed by atoms with Gasteiger partial charge in [0.25, 0.3) is 0 Å². The number of amides is 2. The summed E-state index contributed by atoms with van der Waals surface area (Å²) >= 11 is 6.08. The van der Waals surface area contributed by atoms with Crippen LogP contribution in [0.25, 0.3) is 0 Å². The van der Waals surface area contributed by atoms with Crippen LogP contribution in [0.4, 0.5) is 5.69 Å². The Morgan fingerprint density at radius 1 is 1.28 bits per heavy atom. The average Bonchev–Trinajstić information content (AvgIpc) is 2.62. The highest BCUT2D eigenvalue weighted by molar-refractivity contribution is 6.33. The van der Waals surface area contributed by atoms with Gasteiger partial charge >= 0.3 is 0 Å². The van der Waals surface area contributed by atoms with E-state index < -0.39 is 0 Å². The molecule has 1 atom stereocenters. The molecule has 1 aliphatic heterocycles. The first-order valence-corrected chi connectivity index (χ1v) is 8.78. The molecular weight excluding hydrogens is 340 g/mol. The lowest BCUT2D eigenvalue weighted by Crippen LogP contribution is -2.54. The van der Waals surface area contributed by atoms with Gasteiger partial charge in [-0.15, -0.1) is 6.58 Å². The molecule has 1 unspecified atom stereocenters. The number of benzene rings is 1. The molecule has 2 amide bonds. The second-order valence-corrected chi connectivity index (χ2v) is 6.46. The van der Waals surface area contributed by atoms with Crippen molar-refractivity contribution in [3.05, 3.63) is 41.9 Å². The average molecular weight is 365 g/mol. The Bertz CT molecular complexity index is 615. The second-order valence-electron chi connectivity index (χ2n) is 6.05. The predicted molar refractivity (Wildman–Crippen MR) is 101 cm³/mol. The van der Waals surface area contributed by atoms with Gasteiger partial charge in [0, 0.05) is 32.7 Å². The predicted octanol–water partition coefficient (Wildman–Crippen LogP) is 1.59. The maximum absolute atomic E-state index is 12.4. The van der Waals surface area contributed by atoms with Crippen LogP contribution in [-0.4, -0.2) is 66.9 Å². The van der Waals surface area contributed by atoms with Gasteiger partial charge in [-0.25, -0.2) is 0 Å². The van der Waals surface area contributed by atoms with Crippen molar-refractivity contribution in [1.82, 2.24) is 15.1 Å². The number of nitrogens with zero attached hydrogens (tertiary/aromatic N) is 2. The van der Waals surface area contributed by atoms with Crippen LogP contribution in [0.2, 0.25) is 5.02 Å². The van der Waals surface area contributed by atoms with Crippen LogP contribution < -0.4 is 10.6 Å². The molecule has 1 heterocycles. The summed E-state index contributed by atoms with van der Waals surface area (Å²) in [6.07, 6.45) is 1.66. The molecule has 0 saturated carbocycles. The van der Waals surface area contributed by atoms with E-state index in [-0.39, 0.29) is 17.9 Å². The zero-order chi connectivity index (χ0) is 18.2. The van der Waals surface area contributed by atoms with Crippen molar-refractivity contribution in [2.24, 2.45) is 0 Å². The molecule has 0 bridgehead atoms. The number of hydrogen-bond acceptors (Lipinski definition) is 4. The number of rotatable bonds is 7. The van der Waals surface area contributed by atoms with Crippen molar-refractivity contribution in [2.75, 3.05) is 44.6 Å². The third-order valence-electron chi connectivity index (χ3n) is 4.28. The first kappa shape index (κ1) is 19.4. The molecule has 1 aliphatic rings. The van der Waals surface area contributed by atoms with E-state index in [2.05, 4.69) is 27.0 Å². The van der Waals surface area contributed by atoms with Gasteiger partial charge in [0.05, 0.1) is 23.3 Å². The number of carbonyl (C=O) groups excluding carboxylic acids is 2. The Balaban J connectivity index is 1.79. The summed E-state index contributed by atoms with van der Waals surface area (Å²) in [6.45, 7) is 9.32. The van der Waals surface area contributed by atoms with Gasteiger partial charge in [-0.3, -0.25) is 19.4 Å². The third kappa shape index (κ3) is 5.85. The van der Waals surface area contributed by atoms with Crippen LogP contribution in [0.3, 0.4) is 0 Å². The summed E-state index contributed by atoms with van der Waals surface area (Å²) in [7, 11) is 0. The molecule has 0 radical (unpaired) electrons. The maximum Gasteiger partial charge on any atom is 0.241 e. The molecule has 6 nitrogen and oxygen atoms in total. The van der Waals surface area contributed by atoms with Crippen LogP contribution in [0, 0.1) is 0 Å². The zero-order valence-electron chi connectivity index (χ0n) is 14.5. The van der Waals surface area contributed by atoms with Gasteiger partial charge in [-0.1, -0.05) is 29.8 Å². The highest BCUT2D eigenvalue weighted by Crippen LogP contribution is 2.21. The summed E-state index contributed by atoms with van der Waals surface area (Å²) < 4.78 is 0. The van der Waals surface area contributed by atoms with Crippen LogP contribution in [0.5, 0.6) is 0 Å². The van der Waals surface area contributed by atoms with Crippen molar-refractivity contribution in [3.8, 4) is 0 Å². The van der Waals surface area contributed by atoms with E-state index >= 15 is 0 Å². The molecule has 136 valence electrons. The normalized spacial score (nSPS) is 16.9. The molecule has 0 aliphatic carbocycles. The molecule has 2 N–H and O–H groups in total. The van der Waals surface area contributed by atoms with E-state index in [1.807, 2.05) is 19.1 Å². The molecule has 0 spiro atoms. The van der Waals surface area contributed by atoms with Crippen LogP contribution in [0.15, 0.2) is 36.9 Å². The van der Waals surface area contributed by atoms with E-state index in [1.165, 1.54) is 0 Å². The number of halogens is 1. The van der Waals surface area contributed by atoms with Crippen molar-refractivity contribution in [1.29, 1.82) is 0 Å². The summed E-state index contributed by atoms with van der Waals surface area (Å²) in [5.41, 5.74) is 0.624. The van der Waals surface area contributed by atoms with E-state index in [1.54, 1.807) is 18.2 Å². The largest absolute Gasteiger partial charge is 0.352 e. The molecule has 1 saturated heterocycles. The Kier molecular flexibility index (Phi) is 7.43. The first-order chi connectivity index (χ1) is 12.0. The lowest BCUT2D eigenvalue weighted by atomic mass is 10.2. The van der Waals surface area contributed by atoms with Gasteiger partial charge in [0.1, 0.15) is 0 Å². The zero-order valence-corrected chi connectivity index (χ0v) is 15.3. The van der Waals surface area contributed by atoms with E-state index in [0.29, 0.717) is 23.8 Å². The molecular formula is C18H25ClN4O2. The van der Waals surface area contributed by atoms with E-state index in [9.17, 15) is 9.59 Å². The van der Waals surface area contributed by atoms with Crippen molar-refractivity contribution >= 4 is 29.1 Å². The molecule has 1 aromatic rings. The van der Waals surface area contributed by atoms with E-state index in [4.69, 9.17) is 11.6 Å². The fourth-order valence-corrected chi connectivity index (χ4v) is 2.90. The number of para-hydroxylation sites is 1. The first-order valence-electron chi connectivity index (χ1n) is 8.40. The number of hydrogen-bond donors (Lipinski definition) is 2. The SMILES string of the molecule is C=CCNC(=O)CN1CCN(C(C)C(=O)Nc2ccccc2Cl)CC1. The fraction of sp³-hybridized carbons (Fsp3) is 0.444. The van der Waals surface area contributed by atoms with Gasteiger partial charge in [0.2, 0.25) is 11.8 Å². The monoisotopic (exact) mass is 364 g/mol. The number of anilines is 1. The molecule has 1 fully saturated rings. The van der Waals surface area contributed by atoms with Gasteiger partial charge < -0.3 is 10.6 Å². The molecule has 1 aromatic carbocycles. The minimum Gasteiger partial charge on any atom is -0.352 e. The van der Waals surface area contributed by atoms with Crippen LogP contribution in [-0.2, 0) is 9.59 Å². The van der Waals surface area contributed by atoms with E-state index in [0.717, 1.165) is 26.2 Å². The van der Waals surface area contributed by atoms with Crippen molar-refractivity contribution in [2.45, 2.75) is 13.0 Å². The molecule has 25 heavy (non-hydrogen) atoms. The summed E-state index contributed by atoms with van der Waals surface area (Å²) in [6, 6.07) is 6.94. The third-order valence-corrected chi connectivity index (χ3v) is 4.61. The minimum absolute atomic E-state index is 0.00198. The summed E-state index contributed by atoms with van der Waals surface area (Å²) in [5, 5.41) is 6.18. The van der Waals surface area contributed by atoms with Crippen LogP contribution in [0.1, 0.15) is 6.92 Å². The summed E-state index contributed by atoms with van der Waals surface area (Å²) in [4.78, 5) is 28.4. The molecule has 7 heteroatoms. The second kappa shape index (κ2) is 9.56. The number of nitrogens with one attached hydrogen (secondary N) is 2. The lowest BCUT2D eigenvalue weighted by Gasteiger charge is -2.37. The summed E-state index contributed by atoms with van der Waals surface area (Å²) in [5.74, 6) is -0.0804. The number of piperazine rings is 1. The Hall–Kier alpha value is -1.89. The van der Waals surface area contributed by atoms with Gasteiger partial charge in [-0.2, -0.15) is 0 Å². The molecule has 2 rings (SSSR count). The Morgan fingerprint density at radius 3 is 2.60 bits per heavy atom. The highest BCUT2D eigenvalue weighted by atomic mass is 35.5. The fourth-order valence-electron chi connectivity index (χ4n) is 2.72. The Morgan fingerprint density at radius 2 is 1.96 bits per heavy atom. The minimum atomic E-state index is -0.256. The van der Waals surface area contributed by atoms with Gasteiger partial charge in [0.15, 0.2) is 0 Å². The standard InChI is InChI=1S/C18H25ClN4O2/c1-3-8-20-17(24)13-22-9-11-23(12-10-22)14(2)18(25)21-16-7-5-4-6-15(16)19/h3-7,14H,1,8-13H2,2H3,(H,20,24)(H,21,25). The molecule has 0 aromatic heterocycles. The highest BCUT2D eigenvalue weighted by Gasteiger charge is 2.26.